The highest BCUT2D eigenvalue weighted by Crippen LogP contribution is 2.28. The number of para-hydroxylation sites is 1. The lowest BCUT2D eigenvalue weighted by Gasteiger charge is -2.26. The van der Waals surface area contributed by atoms with Crippen LogP contribution in [0.1, 0.15) is 0 Å². The van der Waals surface area contributed by atoms with Crippen molar-refractivity contribution in [2.24, 2.45) is 0 Å². The summed E-state index contributed by atoms with van der Waals surface area (Å²) in [4.78, 5) is 19.0. The highest BCUT2D eigenvalue weighted by molar-refractivity contribution is 6.01. The number of pyridine rings is 2. The van der Waals surface area contributed by atoms with Crippen molar-refractivity contribution in [2.45, 2.75) is 0 Å². The van der Waals surface area contributed by atoms with Crippen LogP contribution in [0.25, 0.3) is 27.3 Å². The van der Waals surface area contributed by atoms with Gasteiger partial charge in [-0.15, -0.1) is 0 Å². The number of carbonyl (C=O) groups is 1. The number of amides is 1. The van der Waals surface area contributed by atoms with Crippen LogP contribution in [0.5, 0.6) is 5.88 Å². The summed E-state index contributed by atoms with van der Waals surface area (Å²) in [5, 5.41) is 5.35. The number of hydrogen-bond acceptors (Lipinski definition) is 4. The Hall–Kier alpha value is -3.12. The van der Waals surface area contributed by atoms with E-state index in [0.29, 0.717) is 19.0 Å². The second-order valence-corrected chi connectivity index (χ2v) is 6.47. The van der Waals surface area contributed by atoms with Crippen LogP contribution in [-0.2, 0) is 0 Å². The molecule has 0 atom stereocenters. The molecule has 5 rings (SSSR count). The summed E-state index contributed by atoms with van der Waals surface area (Å²) in [6.07, 6.45) is 1.67. The quantitative estimate of drug-likeness (QED) is 0.575. The molecule has 1 fully saturated rings. The van der Waals surface area contributed by atoms with Gasteiger partial charge in [0.2, 0.25) is 5.88 Å². The highest BCUT2D eigenvalue weighted by atomic mass is 16.6. The molecular formula is C20H18N4O2. The summed E-state index contributed by atoms with van der Waals surface area (Å²) >= 11 is 0. The Bertz CT molecular complexity index is 1130. The number of rotatable bonds is 1. The number of ether oxygens (including phenoxy) is 1. The molecule has 1 saturated heterocycles. The van der Waals surface area contributed by atoms with E-state index in [-0.39, 0.29) is 6.09 Å². The molecule has 1 aromatic carbocycles. The minimum Gasteiger partial charge on any atom is -0.393 e. The summed E-state index contributed by atoms with van der Waals surface area (Å²) in [6.45, 7) is 2.91. The first-order chi connectivity index (χ1) is 12.8. The monoisotopic (exact) mass is 346 g/mol. The lowest BCUT2D eigenvalue weighted by atomic mass is 10.2. The summed E-state index contributed by atoms with van der Waals surface area (Å²) in [5.41, 5.74) is 2.79. The van der Waals surface area contributed by atoms with Crippen molar-refractivity contribution in [3.8, 4) is 5.88 Å². The maximum absolute atomic E-state index is 12.5. The number of fused-ring (bicyclic) bond motifs is 4. The van der Waals surface area contributed by atoms with Crippen LogP contribution in [0.3, 0.4) is 0 Å². The van der Waals surface area contributed by atoms with Crippen LogP contribution in [0.15, 0.2) is 54.7 Å². The van der Waals surface area contributed by atoms with Gasteiger partial charge < -0.3 is 15.0 Å². The second kappa shape index (κ2) is 6.00. The van der Waals surface area contributed by atoms with E-state index < -0.39 is 0 Å². The zero-order valence-corrected chi connectivity index (χ0v) is 14.2. The number of hydrogen-bond donors (Lipinski definition) is 1. The maximum atomic E-state index is 12.5. The average Bonchev–Trinajstić information content (AvgIpc) is 3.05. The summed E-state index contributed by atoms with van der Waals surface area (Å²) in [7, 11) is 0. The molecule has 0 aliphatic carbocycles. The Kier molecular flexibility index (Phi) is 3.50. The van der Waals surface area contributed by atoms with Crippen LogP contribution in [0.4, 0.5) is 4.79 Å². The third-order valence-electron chi connectivity index (χ3n) is 4.82. The first-order valence-corrected chi connectivity index (χ1v) is 8.77. The van der Waals surface area contributed by atoms with E-state index in [9.17, 15) is 4.79 Å². The van der Waals surface area contributed by atoms with Gasteiger partial charge in [0, 0.05) is 43.1 Å². The molecule has 1 N–H and O–H groups in total. The lowest BCUT2D eigenvalue weighted by Crippen LogP contribution is -2.47. The molecule has 0 saturated carbocycles. The largest absolute Gasteiger partial charge is 0.416 e. The Labute approximate surface area is 150 Å². The van der Waals surface area contributed by atoms with Gasteiger partial charge in [0.15, 0.2) is 0 Å². The molecule has 4 aromatic rings. The van der Waals surface area contributed by atoms with E-state index in [4.69, 9.17) is 9.72 Å². The predicted octanol–water partition coefficient (Wildman–Crippen LogP) is 3.04. The summed E-state index contributed by atoms with van der Waals surface area (Å²) in [5.74, 6) is 0.507. The van der Waals surface area contributed by atoms with Crippen molar-refractivity contribution in [2.75, 3.05) is 26.2 Å². The Morgan fingerprint density at radius 1 is 1.04 bits per heavy atom. The van der Waals surface area contributed by atoms with E-state index in [1.54, 1.807) is 4.90 Å². The van der Waals surface area contributed by atoms with Gasteiger partial charge in [-0.25, -0.2) is 9.78 Å². The summed E-state index contributed by atoms with van der Waals surface area (Å²) < 4.78 is 7.59. The molecular weight excluding hydrogens is 328 g/mol. The minimum absolute atomic E-state index is 0.310. The fourth-order valence-corrected chi connectivity index (χ4v) is 3.49. The van der Waals surface area contributed by atoms with E-state index in [1.807, 2.05) is 47.0 Å². The molecule has 1 aliphatic rings. The molecule has 0 unspecified atom stereocenters. The zero-order valence-electron chi connectivity index (χ0n) is 14.2. The smallest absolute Gasteiger partial charge is 0.393 e. The van der Waals surface area contributed by atoms with Gasteiger partial charge in [0.05, 0.1) is 16.6 Å². The first kappa shape index (κ1) is 15.2. The van der Waals surface area contributed by atoms with Crippen molar-refractivity contribution in [3.05, 3.63) is 54.7 Å². The first-order valence-electron chi connectivity index (χ1n) is 8.77. The number of carbonyl (C=O) groups excluding carboxylic acids is 1. The standard InChI is InChI=1S/C20H18N4O2/c25-20(23-10-8-21-9-11-23)26-18-7-3-6-17-19-15(13-24(17)18)12-14-4-1-2-5-16(14)22-19/h1-7,12-13,21H,8-11H2. The van der Waals surface area contributed by atoms with Crippen molar-refractivity contribution in [3.63, 3.8) is 0 Å². The zero-order chi connectivity index (χ0) is 17.5. The number of piperazine rings is 1. The van der Waals surface area contributed by atoms with E-state index in [2.05, 4.69) is 17.4 Å². The van der Waals surface area contributed by atoms with Gasteiger partial charge >= 0.3 is 6.09 Å². The molecule has 0 spiro atoms. The molecule has 0 bridgehead atoms. The van der Waals surface area contributed by atoms with Crippen LogP contribution >= 0.6 is 0 Å². The molecule has 6 nitrogen and oxygen atoms in total. The van der Waals surface area contributed by atoms with E-state index in [0.717, 1.165) is 40.4 Å². The second-order valence-electron chi connectivity index (χ2n) is 6.47. The molecule has 130 valence electrons. The van der Waals surface area contributed by atoms with Crippen LogP contribution < -0.4 is 10.1 Å². The molecule has 6 heteroatoms. The molecule has 26 heavy (non-hydrogen) atoms. The van der Waals surface area contributed by atoms with Gasteiger partial charge in [0.25, 0.3) is 0 Å². The predicted molar refractivity (Wildman–Crippen MR) is 101 cm³/mol. The number of aromatic nitrogens is 2. The Morgan fingerprint density at radius 3 is 2.77 bits per heavy atom. The van der Waals surface area contributed by atoms with Crippen LogP contribution in [0, 0.1) is 0 Å². The molecule has 1 aliphatic heterocycles. The highest BCUT2D eigenvalue weighted by Gasteiger charge is 2.19. The fraction of sp³-hybridized carbons (Fsp3) is 0.200. The maximum Gasteiger partial charge on any atom is 0.416 e. The van der Waals surface area contributed by atoms with Crippen LogP contribution in [0.2, 0.25) is 0 Å². The van der Waals surface area contributed by atoms with E-state index >= 15 is 0 Å². The number of nitrogens with one attached hydrogen (secondary N) is 1. The molecule has 0 radical (unpaired) electrons. The van der Waals surface area contributed by atoms with Crippen molar-refractivity contribution in [1.29, 1.82) is 0 Å². The fourth-order valence-electron chi connectivity index (χ4n) is 3.49. The number of nitrogens with zero attached hydrogens (tertiary/aromatic N) is 3. The third-order valence-corrected chi connectivity index (χ3v) is 4.82. The number of benzene rings is 1. The Morgan fingerprint density at radius 2 is 1.88 bits per heavy atom. The summed E-state index contributed by atoms with van der Waals surface area (Å²) in [6, 6.07) is 15.9. The van der Waals surface area contributed by atoms with Crippen LogP contribution in [-0.4, -0.2) is 46.6 Å². The average molecular weight is 346 g/mol. The van der Waals surface area contributed by atoms with Gasteiger partial charge in [-0.05, 0) is 24.3 Å². The topological polar surface area (TPSA) is 58.9 Å². The molecule has 3 aromatic heterocycles. The van der Waals surface area contributed by atoms with Gasteiger partial charge in [-0.2, -0.15) is 0 Å². The van der Waals surface area contributed by atoms with Crippen molar-refractivity contribution < 1.29 is 9.53 Å². The SMILES string of the molecule is O=C(Oc1cccc2c3nc4ccccc4cc3cn12)N1CCNCC1. The Balaban J connectivity index is 1.59. The normalized spacial score (nSPS) is 15.0. The van der Waals surface area contributed by atoms with Gasteiger partial charge in [-0.3, -0.25) is 4.40 Å². The van der Waals surface area contributed by atoms with Crippen molar-refractivity contribution in [1.82, 2.24) is 19.6 Å². The lowest BCUT2D eigenvalue weighted by molar-refractivity contribution is 0.143. The van der Waals surface area contributed by atoms with Gasteiger partial charge in [0.1, 0.15) is 0 Å². The van der Waals surface area contributed by atoms with E-state index in [1.165, 1.54) is 0 Å². The minimum atomic E-state index is -0.310. The van der Waals surface area contributed by atoms with Gasteiger partial charge in [-0.1, -0.05) is 24.3 Å². The van der Waals surface area contributed by atoms with Crippen molar-refractivity contribution >= 4 is 33.4 Å². The molecule has 4 heterocycles. The third kappa shape index (κ3) is 2.46. The molecule has 1 amide bonds.